The Morgan fingerprint density at radius 1 is 1.09 bits per heavy atom. The molecule has 5 nitrogen and oxygen atoms in total. The van der Waals surface area contributed by atoms with E-state index in [0.29, 0.717) is 19.6 Å². The molecular weight excluding hydrogens is 280 g/mol. The third-order valence-corrected chi connectivity index (χ3v) is 3.45. The summed E-state index contributed by atoms with van der Waals surface area (Å²) in [6, 6.07) is 4.13. The Morgan fingerprint density at radius 2 is 1.64 bits per heavy atom. The molecule has 2 N–H and O–H groups in total. The van der Waals surface area contributed by atoms with Gasteiger partial charge in [-0.2, -0.15) is 0 Å². The zero-order valence-electron chi connectivity index (χ0n) is 14.5. The van der Waals surface area contributed by atoms with Gasteiger partial charge in [-0.1, -0.05) is 20.8 Å². The highest BCUT2D eigenvalue weighted by molar-refractivity contribution is 5.72. The lowest BCUT2D eigenvalue weighted by Gasteiger charge is -2.23. The van der Waals surface area contributed by atoms with E-state index < -0.39 is 0 Å². The van der Waals surface area contributed by atoms with Gasteiger partial charge >= 0.3 is 0 Å². The molecule has 0 heterocycles. The van der Waals surface area contributed by atoms with Crippen LogP contribution in [0.1, 0.15) is 38.8 Å². The lowest BCUT2D eigenvalue weighted by atomic mass is 9.86. The highest BCUT2D eigenvalue weighted by Crippen LogP contribution is 2.35. The van der Waals surface area contributed by atoms with Gasteiger partial charge in [0.2, 0.25) is 5.91 Å². The summed E-state index contributed by atoms with van der Waals surface area (Å²) in [7, 11) is 3.34. The quantitative estimate of drug-likeness (QED) is 0.758. The Morgan fingerprint density at radius 3 is 2.05 bits per heavy atom. The van der Waals surface area contributed by atoms with E-state index in [0.717, 1.165) is 17.1 Å². The van der Waals surface area contributed by atoms with Crippen LogP contribution in [0.4, 0.5) is 0 Å². The summed E-state index contributed by atoms with van der Waals surface area (Å²) in [4.78, 5) is 10.8. The molecule has 1 aromatic rings. The highest BCUT2D eigenvalue weighted by Gasteiger charge is 2.19. The normalized spacial score (nSPS) is 11.2. The number of hydrogen-bond acceptors (Lipinski definition) is 4. The van der Waals surface area contributed by atoms with Gasteiger partial charge in [-0.3, -0.25) is 4.79 Å². The third kappa shape index (κ3) is 5.22. The molecule has 5 heteroatoms. The summed E-state index contributed by atoms with van der Waals surface area (Å²) in [5.74, 6) is 1.61. The molecule has 1 aromatic carbocycles. The lowest BCUT2D eigenvalue weighted by molar-refractivity contribution is -0.118. The molecule has 0 saturated heterocycles. The largest absolute Gasteiger partial charge is 0.496 e. The average Bonchev–Trinajstić information content (AvgIpc) is 2.44. The molecule has 1 amide bonds. The molecule has 0 aliphatic carbocycles. The Bertz CT molecular complexity index is 482. The van der Waals surface area contributed by atoms with Crippen LogP contribution < -0.4 is 20.1 Å². The number of amides is 1. The van der Waals surface area contributed by atoms with Gasteiger partial charge < -0.3 is 20.1 Å². The van der Waals surface area contributed by atoms with Crippen LogP contribution in [0, 0.1) is 0 Å². The van der Waals surface area contributed by atoms with E-state index in [1.165, 1.54) is 12.5 Å². The van der Waals surface area contributed by atoms with E-state index >= 15 is 0 Å². The summed E-state index contributed by atoms with van der Waals surface area (Å²) < 4.78 is 11.1. The van der Waals surface area contributed by atoms with Crippen molar-refractivity contribution in [3.05, 3.63) is 23.3 Å². The van der Waals surface area contributed by atoms with Crippen LogP contribution in [-0.2, 0) is 16.8 Å². The monoisotopic (exact) mass is 308 g/mol. The number of nitrogens with one attached hydrogen (secondary N) is 2. The minimum absolute atomic E-state index is 0.0218. The molecule has 0 fully saturated rings. The van der Waals surface area contributed by atoms with Crippen LogP contribution in [0.5, 0.6) is 11.5 Å². The van der Waals surface area contributed by atoms with E-state index in [2.05, 4.69) is 43.5 Å². The molecule has 0 atom stereocenters. The highest BCUT2D eigenvalue weighted by atomic mass is 16.5. The van der Waals surface area contributed by atoms with Crippen LogP contribution in [0.3, 0.4) is 0 Å². The smallest absolute Gasteiger partial charge is 0.216 e. The zero-order valence-corrected chi connectivity index (χ0v) is 14.5. The topological polar surface area (TPSA) is 59.6 Å². The second-order valence-electron chi connectivity index (χ2n) is 6.27. The fourth-order valence-corrected chi connectivity index (χ4v) is 2.13. The Balaban J connectivity index is 2.86. The van der Waals surface area contributed by atoms with Crippen LogP contribution >= 0.6 is 0 Å². The van der Waals surface area contributed by atoms with E-state index in [-0.39, 0.29) is 11.3 Å². The van der Waals surface area contributed by atoms with Crippen LogP contribution in [0.25, 0.3) is 0 Å². The summed E-state index contributed by atoms with van der Waals surface area (Å²) >= 11 is 0. The summed E-state index contributed by atoms with van der Waals surface area (Å²) in [5, 5.41) is 6.04. The van der Waals surface area contributed by atoms with Crippen molar-refractivity contribution >= 4 is 5.91 Å². The Kier molecular flexibility index (Phi) is 6.68. The number of ether oxygens (including phenoxy) is 2. The number of methoxy groups -OCH3 is 2. The first-order valence-electron chi connectivity index (χ1n) is 7.50. The molecule has 124 valence electrons. The first-order valence-corrected chi connectivity index (χ1v) is 7.50. The van der Waals surface area contributed by atoms with Gasteiger partial charge in [0.15, 0.2) is 0 Å². The molecule has 22 heavy (non-hydrogen) atoms. The average molecular weight is 308 g/mol. The van der Waals surface area contributed by atoms with Gasteiger partial charge in [0.05, 0.1) is 14.2 Å². The van der Waals surface area contributed by atoms with Crippen molar-refractivity contribution in [2.24, 2.45) is 0 Å². The SMILES string of the molecule is COc1cc(C(C)(C)C)cc(OC)c1CNCCNC(C)=O. The minimum atomic E-state index is -0.0218. The van der Waals surface area contributed by atoms with Crippen LogP contribution in [0.15, 0.2) is 12.1 Å². The van der Waals surface area contributed by atoms with E-state index in [1.54, 1.807) is 14.2 Å². The predicted molar refractivity (Wildman–Crippen MR) is 88.6 cm³/mol. The number of hydrogen-bond donors (Lipinski definition) is 2. The van der Waals surface area contributed by atoms with Gasteiger partial charge in [-0.25, -0.2) is 0 Å². The van der Waals surface area contributed by atoms with Crippen molar-refractivity contribution in [3.8, 4) is 11.5 Å². The molecule has 0 aliphatic rings. The lowest BCUT2D eigenvalue weighted by Crippen LogP contribution is -2.30. The van der Waals surface area contributed by atoms with E-state index in [1.807, 2.05) is 0 Å². The molecular formula is C17H28N2O3. The van der Waals surface area contributed by atoms with Gasteiger partial charge in [-0.15, -0.1) is 0 Å². The van der Waals surface area contributed by atoms with Crippen LogP contribution in [-0.4, -0.2) is 33.2 Å². The van der Waals surface area contributed by atoms with Crippen molar-refractivity contribution in [2.75, 3.05) is 27.3 Å². The molecule has 1 rings (SSSR count). The van der Waals surface area contributed by atoms with Gasteiger partial charge in [0.25, 0.3) is 0 Å². The van der Waals surface area contributed by atoms with Gasteiger partial charge in [0.1, 0.15) is 11.5 Å². The number of carbonyl (C=O) groups excluding carboxylic acids is 1. The molecule has 0 radical (unpaired) electrons. The molecule has 0 spiro atoms. The maximum absolute atomic E-state index is 10.8. The number of carbonyl (C=O) groups is 1. The van der Waals surface area contributed by atoms with Crippen molar-refractivity contribution in [1.82, 2.24) is 10.6 Å². The van der Waals surface area contributed by atoms with Crippen molar-refractivity contribution < 1.29 is 14.3 Å². The number of benzene rings is 1. The fraction of sp³-hybridized carbons (Fsp3) is 0.588. The number of rotatable bonds is 7. The van der Waals surface area contributed by atoms with Gasteiger partial charge in [0, 0.05) is 32.1 Å². The summed E-state index contributed by atoms with van der Waals surface area (Å²) in [6.07, 6.45) is 0. The first kappa shape index (κ1) is 18.3. The third-order valence-electron chi connectivity index (χ3n) is 3.45. The summed E-state index contributed by atoms with van der Waals surface area (Å²) in [5.41, 5.74) is 2.18. The zero-order chi connectivity index (χ0) is 16.8. The molecule has 0 unspecified atom stereocenters. The van der Waals surface area contributed by atoms with E-state index in [4.69, 9.17) is 9.47 Å². The molecule has 0 aliphatic heterocycles. The maximum atomic E-state index is 10.8. The van der Waals surface area contributed by atoms with Crippen molar-refractivity contribution in [2.45, 2.75) is 39.7 Å². The van der Waals surface area contributed by atoms with Crippen LogP contribution in [0.2, 0.25) is 0 Å². The second-order valence-corrected chi connectivity index (χ2v) is 6.27. The standard InChI is InChI=1S/C17H28N2O3/c1-12(20)19-8-7-18-11-14-15(21-5)9-13(17(2,3)4)10-16(14)22-6/h9-10,18H,7-8,11H2,1-6H3,(H,19,20). The molecule has 0 saturated carbocycles. The Hall–Kier alpha value is -1.75. The summed E-state index contributed by atoms with van der Waals surface area (Å²) in [6.45, 7) is 9.90. The first-order chi connectivity index (χ1) is 10.3. The van der Waals surface area contributed by atoms with Gasteiger partial charge in [-0.05, 0) is 23.1 Å². The fourth-order valence-electron chi connectivity index (χ4n) is 2.13. The van der Waals surface area contributed by atoms with Crippen molar-refractivity contribution in [3.63, 3.8) is 0 Å². The minimum Gasteiger partial charge on any atom is -0.496 e. The van der Waals surface area contributed by atoms with E-state index in [9.17, 15) is 4.79 Å². The molecule has 0 bridgehead atoms. The second kappa shape index (κ2) is 8.03. The van der Waals surface area contributed by atoms with Crippen molar-refractivity contribution in [1.29, 1.82) is 0 Å². The Labute approximate surface area is 133 Å². The predicted octanol–water partition coefficient (Wildman–Crippen LogP) is 2.23. The maximum Gasteiger partial charge on any atom is 0.216 e. The molecule has 0 aromatic heterocycles.